The van der Waals surface area contributed by atoms with Crippen LogP contribution in [-0.2, 0) is 4.79 Å². The lowest BCUT2D eigenvalue weighted by Gasteiger charge is -2.29. The summed E-state index contributed by atoms with van der Waals surface area (Å²) in [5.41, 5.74) is 0.807. The molecule has 1 aliphatic rings. The number of hydrogen-bond acceptors (Lipinski definition) is 3. The predicted octanol–water partition coefficient (Wildman–Crippen LogP) is 1.77. The van der Waals surface area contributed by atoms with Crippen LogP contribution in [0.2, 0.25) is 0 Å². The molecule has 6 nitrogen and oxygen atoms in total. The van der Waals surface area contributed by atoms with E-state index < -0.39 is 0 Å². The number of ether oxygens (including phenoxy) is 1. The average Bonchev–Trinajstić information content (AvgIpc) is 2.50. The first kappa shape index (κ1) is 17.1. The van der Waals surface area contributed by atoms with Crippen molar-refractivity contribution in [3.05, 3.63) is 24.3 Å². The molecule has 1 amide bonds. The first-order chi connectivity index (χ1) is 10.9. The number of carbonyl (C=O) groups is 1. The van der Waals surface area contributed by atoms with Crippen molar-refractivity contribution >= 4 is 17.6 Å². The van der Waals surface area contributed by atoms with Gasteiger partial charge in [0.05, 0.1) is 5.69 Å². The molecular formula is C17H26N4O2. The molecule has 0 aliphatic carbocycles. The van der Waals surface area contributed by atoms with Crippen molar-refractivity contribution in [2.45, 2.75) is 32.7 Å². The molecule has 2 rings (SSSR count). The minimum absolute atomic E-state index is 0.000832. The minimum Gasteiger partial charge on any atom is -0.482 e. The molecule has 2 N–H and O–H groups in total. The maximum Gasteiger partial charge on any atom is 0.265 e. The van der Waals surface area contributed by atoms with Gasteiger partial charge in [-0.05, 0) is 39.3 Å². The van der Waals surface area contributed by atoms with E-state index in [2.05, 4.69) is 36.4 Å². The average molecular weight is 318 g/mol. The quantitative estimate of drug-likeness (QED) is 0.504. The zero-order chi connectivity index (χ0) is 16.9. The van der Waals surface area contributed by atoms with Gasteiger partial charge < -0.3 is 20.3 Å². The Morgan fingerprint density at radius 3 is 2.78 bits per heavy atom. The summed E-state index contributed by atoms with van der Waals surface area (Å²) in [4.78, 5) is 18.1. The van der Waals surface area contributed by atoms with Crippen LogP contribution in [0.15, 0.2) is 29.3 Å². The molecule has 0 saturated heterocycles. The summed E-state index contributed by atoms with van der Waals surface area (Å²) in [5, 5.41) is 6.58. The summed E-state index contributed by atoms with van der Waals surface area (Å²) < 4.78 is 5.45. The van der Waals surface area contributed by atoms with Crippen molar-refractivity contribution in [2.75, 3.05) is 31.6 Å². The molecule has 0 fully saturated rings. The highest BCUT2D eigenvalue weighted by atomic mass is 16.5. The molecular weight excluding hydrogens is 292 g/mol. The van der Waals surface area contributed by atoms with Crippen LogP contribution in [0.4, 0.5) is 5.69 Å². The van der Waals surface area contributed by atoms with Gasteiger partial charge in [-0.15, -0.1) is 0 Å². The number of rotatable bonds is 4. The molecule has 1 aromatic rings. The number of aliphatic imine (C=N–C) groups is 1. The van der Waals surface area contributed by atoms with Gasteiger partial charge in [0.15, 0.2) is 12.6 Å². The van der Waals surface area contributed by atoms with Crippen molar-refractivity contribution in [2.24, 2.45) is 4.99 Å². The molecule has 0 bridgehead atoms. The fraction of sp³-hybridized carbons (Fsp3) is 0.529. The Hall–Kier alpha value is -2.24. The van der Waals surface area contributed by atoms with E-state index in [4.69, 9.17) is 4.74 Å². The summed E-state index contributed by atoms with van der Waals surface area (Å²) in [6.45, 7) is 7.76. The van der Waals surface area contributed by atoms with Crippen molar-refractivity contribution in [1.82, 2.24) is 10.6 Å². The second kappa shape index (κ2) is 7.35. The van der Waals surface area contributed by atoms with Gasteiger partial charge in [0, 0.05) is 25.7 Å². The summed E-state index contributed by atoms with van der Waals surface area (Å²) in [6, 6.07) is 7.64. The highest BCUT2D eigenvalue weighted by molar-refractivity contribution is 5.97. The van der Waals surface area contributed by atoms with Gasteiger partial charge in [0.2, 0.25) is 0 Å². The van der Waals surface area contributed by atoms with E-state index in [0.29, 0.717) is 6.54 Å². The number of anilines is 1. The summed E-state index contributed by atoms with van der Waals surface area (Å²) in [7, 11) is 1.75. The SMILES string of the molecule is CN=C(NCCCN1C(=O)COc2ccccc21)NC(C)(C)C. The van der Waals surface area contributed by atoms with Crippen LogP contribution in [-0.4, -0.2) is 44.1 Å². The van der Waals surface area contributed by atoms with E-state index in [1.165, 1.54) is 0 Å². The van der Waals surface area contributed by atoms with Crippen LogP contribution in [0.1, 0.15) is 27.2 Å². The second-order valence-corrected chi connectivity index (χ2v) is 6.53. The lowest BCUT2D eigenvalue weighted by atomic mass is 10.1. The highest BCUT2D eigenvalue weighted by Crippen LogP contribution is 2.31. The topological polar surface area (TPSA) is 66.0 Å². The molecule has 0 radical (unpaired) electrons. The lowest BCUT2D eigenvalue weighted by molar-refractivity contribution is -0.121. The van der Waals surface area contributed by atoms with Gasteiger partial charge in [0.1, 0.15) is 5.75 Å². The molecule has 1 heterocycles. The summed E-state index contributed by atoms with van der Waals surface area (Å²) >= 11 is 0. The van der Waals surface area contributed by atoms with Gasteiger partial charge >= 0.3 is 0 Å². The van der Waals surface area contributed by atoms with Crippen molar-refractivity contribution < 1.29 is 9.53 Å². The monoisotopic (exact) mass is 318 g/mol. The Kier molecular flexibility index (Phi) is 5.47. The maximum absolute atomic E-state index is 12.1. The fourth-order valence-electron chi connectivity index (χ4n) is 2.38. The van der Waals surface area contributed by atoms with Crippen LogP contribution >= 0.6 is 0 Å². The Bertz CT molecular complexity index is 578. The Morgan fingerprint density at radius 2 is 2.09 bits per heavy atom. The van der Waals surface area contributed by atoms with Crippen LogP contribution in [0, 0.1) is 0 Å². The minimum atomic E-state index is -0.0407. The van der Waals surface area contributed by atoms with Gasteiger partial charge in [0.25, 0.3) is 5.91 Å². The van der Waals surface area contributed by atoms with Gasteiger partial charge in [-0.2, -0.15) is 0 Å². The van der Waals surface area contributed by atoms with E-state index in [1.54, 1.807) is 11.9 Å². The Balaban J connectivity index is 1.86. The Morgan fingerprint density at radius 1 is 1.35 bits per heavy atom. The molecule has 1 aliphatic heterocycles. The number of nitrogens with one attached hydrogen (secondary N) is 2. The highest BCUT2D eigenvalue weighted by Gasteiger charge is 2.24. The van der Waals surface area contributed by atoms with Crippen LogP contribution < -0.4 is 20.3 Å². The van der Waals surface area contributed by atoms with Crippen LogP contribution in [0.25, 0.3) is 0 Å². The smallest absolute Gasteiger partial charge is 0.265 e. The van der Waals surface area contributed by atoms with E-state index in [9.17, 15) is 4.79 Å². The predicted molar refractivity (Wildman–Crippen MR) is 93.2 cm³/mol. The van der Waals surface area contributed by atoms with Crippen LogP contribution in [0.5, 0.6) is 5.75 Å². The molecule has 23 heavy (non-hydrogen) atoms. The number of hydrogen-bond donors (Lipinski definition) is 2. The Labute approximate surface area is 137 Å². The summed E-state index contributed by atoms with van der Waals surface area (Å²) in [5.74, 6) is 1.54. The third kappa shape index (κ3) is 4.87. The van der Waals surface area contributed by atoms with E-state index >= 15 is 0 Å². The summed E-state index contributed by atoms with van der Waals surface area (Å²) in [6.07, 6.45) is 0.824. The number of nitrogens with zero attached hydrogens (tertiary/aromatic N) is 2. The second-order valence-electron chi connectivity index (χ2n) is 6.53. The van der Waals surface area contributed by atoms with Crippen LogP contribution in [0.3, 0.4) is 0 Å². The molecule has 0 atom stereocenters. The lowest BCUT2D eigenvalue weighted by Crippen LogP contribution is -2.48. The standard InChI is InChI=1S/C17H26N4O2/c1-17(2,3)20-16(18-4)19-10-7-11-21-13-8-5-6-9-14(13)23-12-15(21)22/h5-6,8-9H,7,10-12H2,1-4H3,(H2,18,19,20). The number of carbonyl (C=O) groups excluding carboxylic acids is 1. The maximum atomic E-state index is 12.1. The first-order valence-electron chi connectivity index (χ1n) is 7.92. The van der Waals surface area contributed by atoms with Gasteiger partial charge in [-0.3, -0.25) is 9.79 Å². The van der Waals surface area contributed by atoms with Gasteiger partial charge in [-0.25, -0.2) is 0 Å². The first-order valence-corrected chi connectivity index (χ1v) is 7.92. The van der Waals surface area contributed by atoms with E-state index in [-0.39, 0.29) is 18.1 Å². The zero-order valence-corrected chi connectivity index (χ0v) is 14.3. The number of benzene rings is 1. The fourth-order valence-corrected chi connectivity index (χ4v) is 2.38. The molecule has 0 unspecified atom stereocenters. The largest absolute Gasteiger partial charge is 0.482 e. The molecule has 126 valence electrons. The van der Waals surface area contributed by atoms with E-state index in [1.807, 2.05) is 24.3 Å². The third-order valence-corrected chi connectivity index (χ3v) is 3.38. The third-order valence-electron chi connectivity index (χ3n) is 3.38. The van der Waals surface area contributed by atoms with Crippen molar-refractivity contribution in [1.29, 1.82) is 0 Å². The number of fused-ring (bicyclic) bond motifs is 1. The number of amides is 1. The van der Waals surface area contributed by atoms with Crippen molar-refractivity contribution in [3.8, 4) is 5.75 Å². The number of para-hydroxylation sites is 2. The molecule has 6 heteroatoms. The molecule has 0 spiro atoms. The van der Waals surface area contributed by atoms with Crippen molar-refractivity contribution in [3.63, 3.8) is 0 Å². The van der Waals surface area contributed by atoms with E-state index in [0.717, 1.165) is 30.4 Å². The molecule has 0 aromatic heterocycles. The normalized spacial score (nSPS) is 15.0. The molecule has 0 saturated carbocycles. The zero-order valence-electron chi connectivity index (χ0n) is 14.3. The number of guanidine groups is 1. The molecule has 1 aromatic carbocycles. The van der Waals surface area contributed by atoms with Gasteiger partial charge in [-0.1, -0.05) is 12.1 Å².